The molecule has 1 atom stereocenters. The van der Waals surface area contributed by atoms with Gasteiger partial charge in [0.15, 0.2) is 0 Å². The molecule has 1 saturated heterocycles. The van der Waals surface area contributed by atoms with E-state index in [-0.39, 0.29) is 6.61 Å². The largest absolute Gasteiger partial charge is 0.490 e. The van der Waals surface area contributed by atoms with Gasteiger partial charge in [0.25, 0.3) is 0 Å². The molecule has 0 unspecified atom stereocenters. The van der Waals surface area contributed by atoms with Crippen LogP contribution in [0.3, 0.4) is 0 Å². The first-order valence-electron chi connectivity index (χ1n) is 11.1. The molecule has 0 spiro atoms. The summed E-state index contributed by atoms with van der Waals surface area (Å²) in [5.41, 5.74) is 9.82. The summed E-state index contributed by atoms with van der Waals surface area (Å²) in [7, 11) is 0. The van der Waals surface area contributed by atoms with E-state index in [1.807, 2.05) is 47.9 Å². The molecule has 1 aromatic heterocycles. The van der Waals surface area contributed by atoms with Gasteiger partial charge in [-0.25, -0.2) is 9.13 Å². The van der Waals surface area contributed by atoms with Crippen molar-refractivity contribution in [2.24, 2.45) is 0 Å². The molecule has 0 aliphatic carbocycles. The lowest BCUT2D eigenvalue weighted by atomic mass is 10.1. The van der Waals surface area contributed by atoms with Crippen LogP contribution in [0.1, 0.15) is 24.8 Å². The number of benzene rings is 2. The van der Waals surface area contributed by atoms with Gasteiger partial charge < -0.3 is 14.7 Å². The summed E-state index contributed by atoms with van der Waals surface area (Å²) in [6, 6.07) is 16.1. The summed E-state index contributed by atoms with van der Waals surface area (Å²) in [5, 5.41) is 10.7. The zero-order valence-corrected chi connectivity index (χ0v) is 17.9. The van der Waals surface area contributed by atoms with Crippen LogP contribution < -0.4 is 19.9 Å². The summed E-state index contributed by atoms with van der Waals surface area (Å²) in [4.78, 5) is 1.66. The SMILES string of the molecule is Cc1ccccc1OC[C@@H](O)C[n+]1c(N)n(CC[NH+]2CCCCC2)c2ccccc21. The first-order chi connectivity index (χ1) is 14.6. The number of para-hydroxylation sites is 3. The Balaban J connectivity index is 1.47. The number of aliphatic hydroxyl groups excluding tert-OH is 1. The number of imidazole rings is 1. The molecular formula is C24H34N4O2+2. The smallest absolute Gasteiger partial charge is 0.356 e. The second kappa shape index (κ2) is 9.49. The van der Waals surface area contributed by atoms with E-state index in [9.17, 15) is 5.11 Å². The summed E-state index contributed by atoms with van der Waals surface area (Å²) in [6.07, 6.45) is 3.36. The molecule has 1 fully saturated rings. The summed E-state index contributed by atoms with van der Waals surface area (Å²) in [5.74, 6) is 1.50. The molecule has 6 nitrogen and oxygen atoms in total. The van der Waals surface area contributed by atoms with Gasteiger partial charge in [-0.15, -0.1) is 0 Å². The van der Waals surface area contributed by atoms with Crippen molar-refractivity contribution in [3.63, 3.8) is 0 Å². The maximum Gasteiger partial charge on any atom is 0.356 e. The number of aliphatic hydroxyl groups is 1. The third kappa shape index (κ3) is 4.60. The third-order valence-electron chi connectivity index (χ3n) is 6.18. The molecule has 2 heterocycles. The lowest BCUT2D eigenvalue weighted by Crippen LogP contribution is -3.13. The number of aromatic nitrogens is 2. The van der Waals surface area contributed by atoms with Gasteiger partial charge in [0.05, 0.1) is 13.1 Å². The third-order valence-corrected chi connectivity index (χ3v) is 6.18. The van der Waals surface area contributed by atoms with E-state index in [1.165, 1.54) is 32.4 Å². The quantitative estimate of drug-likeness (QED) is 0.491. The van der Waals surface area contributed by atoms with Crippen molar-refractivity contribution >= 4 is 17.0 Å². The van der Waals surface area contributed by atoms with Crippen LogP contribution in [0.25, 0.3) is 11.0 Å². The molecule has 0 saturated carbocycles. The fourth-order valence-electron chi connectivity index (χ4n) is 4.48. The van der Waals surface area contributed by atoms with Crippen LogP contribution in [0.5, 0.6) is 5.75 Å². The molecule has 4 N–H and O–H groups in total. The number of nitrogens with one attached hydrogen (secondary N) is 1. The molecule has 0 amide bonds. The summed E-state index contributed by atoms with van der Waals surface area (Å²) >= 11 is 0. The monoisotopic (exact) mass is 410 g/mol. The number of ether oxygens (including phenoxy) is 1. The number of rotatable bonds is 8. The number of nitrogens with zero attached hydrogens (tertiary/aromatic N) is 2. The standard InChI is InChI=1S/C24H32N4O2/c1-19-9-3-6-12-23(19)30-18-20(29)17-28-22-11-5-4-10-21(22)27(24(28)25)16-15-26-13-7-2-8-14-26/h3-6,9-12,20,25,29H,2,7-8,13-18H2,1H3/p+2/t20-/m0/s1. The van der Waals surface area contributed by atoms with Gasteiger partial charge in [0, 0.05) is 0 Å². The van der Waals surface area contributed by atoms with E-state index < -0.39 is 6.10 Å². The van der Waals surface area contributed by atoms with Crippen LogP contribution in [0.4, 0.5) is 5.95 Å². The highest BCUT2D eigenvalue weighted by atomic mass is 16.5. The lowest BCUT2D eigenvalue weighted by Gasteiger charge is -2.22. The normalized spacial score (nSPS) is 16.1. The van der Waals surface area contributed by atoms with Crippen LogP contribution in [0, 0.1) is 6.92 Å². The number of nitrogens with two attached hydrogens (primary N) is 1. The fraction of sp³-hybridized carbons (Fsp3) is 0.458. The average molecular weight is 411 g/mol. The fourth-order valence-corrected chi connectivity index (χ4v) is 4.48. The van der Waals surface area contributed by atoms with E-state index in [0.29, 0.717) is 12.5 Å². The molecule has 6 heteroatoms. The second-order valence-electron chi connectivity index (χ2n) is 8.40. The Morgan fingerprint density at radius 1 is 1.10 bits per heavy atom. The van der Waals surface area contributed by atoms with Crippen molar-refractivity contribution in [1.29, 1.82) is 0 Å². The Morgan fingerprint density at radius 2 is 1.83 bits per heavy atom. The van der Waals surface area contributed by atoms with Crippen molar-refractivity contribution in [3.05, 3.63) is 54.1 Å². The Labute approximate surface area is 178 Å². The number of likely N-dealkylation sites (tertiary alicyclic amines) is 1. The topological polar surface area (TPSA) is 68.7 Å². The highest BCUT2D eigenvalue weighted by Gasteiger charge is 2.24. The van der Waals surface area contributed by atoms with Crippen LogP contribution in [-0.2, 0) is 13.1 Å². The van der Waals surface area contributed by atoms with E-state index in [4.69, 9.17) is 10.5 Å². The van der Waals surface area contributed by atoms with Gasteiger partial charge in [0.2, 0.25) is 0 Å². The van der Waals surface area contributed by atoms with E-state index in [0.717, 1.165) is 35.4 Å². The molecule has 0 radical (unpaired) electrons. The molecule has 0 bridgehead atoms. The van der Waals surface area contributed by atoms with Crippen molar-refractivity contribution < 1.29 is 19.3 Å². The van der Waals surface area contributed by atoms with E-state index in [1.54, 1.807) is 4.90 Å². The number of piperidine rings is 1. The van der Waals surface area contributed by atoms with Gasteiger partial charge in [-0.05, 0) is 49.9 Å². The van der Waals surface area contributed by atoms with Crippen molar-refractivity contribution in [2.75, 3.05) is 32.0 Å². The first-order valence-corrected chi connectivity index (χ1v) is 11.1. The molecular weight excluding hydrogens is 376 g/mol. The number of hydrogen-bond acceptors (Lipinski definition) is 3. The van der Waals surface area contributed by atoms with Crippen molar-refractivity contribution in [3.8, 4) is 5.75 Å². The number of anilines is 1. The predicted octanol–water partition coefficient (Wildman–Crippen LogP) is 1.33. The molecule has 160 valence electrons. The maximum atomic E-state index is 10.7. The molecule has 3 aromatic rings. The number of hydrogen-bond donors (Lipinski definition) is 3. The summed E-state index contributed by atoms with van der Waals surface area (Å²) < 4.78 is 10.1. The van der Waals surface area contributed by atoms with E-state index in [2.05, 4.69) is 16.7 Å². The molecule has 1 aliphatic rings. The number of quaternary nitrogens is 1. The second-order valence-corrected chi connectivity index (χ2v) is 8.40. The Kier molecular flexibility index (Phi) is 6.55. The zero-order chi connectivity index (χ0) is 20.9. The maximum absolute atomic E-state index is 10.7. The van der Waals surface area contributed by atoms with Gasteiger partial charge in [-0.1, -0.05) is 30.3 Å². The van der Waals surface area contributed by atoms with Crippen molar-refractivity contribution in [2.45, 2.75) is 45.4 Å². The predicted molar refractivity (Wildman–Crippen MR) is 119 cm³/mol. The van der Waals surface area contributed by atoms with Crippen LogP contribution >= 0.6 is 0 Å². The van der Waals surface area contributed by atoms with Gasteiger partial charge in [0.1, 0.15) is 49.1 Å². The highest BCUT2D eigenvalue weighted by molar-refractivity contribution is 5.73. The Hall–Kier alpha value is -2.57. The van der Waals surface area contributed by atoms with Crippen LogP contribution in [0.2, 0.25) is 0 Å². The zero-order valence-electron chi connectivity index (χ0n) is 17.9. The van der Waals surface area contributed by atoms with E-state index >= 15 is 0 Å². The molecule has 1 aliphatic heterocycles. The Morgan fingerprint density at radius 3 is 2.63 bits per heavy atom. The average Bonchev–Trinajstić information content (AvgIpc) is 3.03. The van der Waals surface area contributed by atoms with Gasteiger partial charge in [-0.3, -0.25) is 5.73 Å². The minimum Gasteiger partial charge on any atom is -0.490 e. The summed E-state index contributed by atoms with van der Waals surface area (Å²) in [6.45, 7) is 7.14. The molecule has 30 heavy (non-hydrogen) atoms. The number of fused-ring (bicyclic) bond motifs is 1. The molecule has 2 aromatic carbocycles. The minimum atomic E-state index is -0.649. The first kappa shape index (κ1) is 20.7. The number of nitrogen functional groups attached to an aromatic ring is 1. The minimum absolute atomic E-state index is 0.231. The van der Waals surface area contributed by atoms with Crippen LogP contribution in [0.15, 0.2) is 48.5 Å². The van der Waals surface area contributed by atoms with Gasteiger partial charge in [-0.2, -0.15) is 0 Å². The van der Waals surface area contributed by atoms with Crippen LogP contribution in [-0.4, -0.2) is 42.0 Å². The van der Waals surface area contributed by atoms with Crippen molar-refractivity contribution in [1.82, 2.24) is 4.57 Å². The molecule has 4 rings (SSSR count). The highest BCUT2D eigenvalue weighted by Crippen LogP contribution is 2.18. The number of aryl methyl sites for hydroxylation is 1. The Bertz CT molecular complexity index is 978. The van der Waals surface area contributed by atoms with Gasteiger partial charge >= 0.3 is 5.95 Å². The lowest BCUT2D eigenvalue weighted by molar-refractivity contribution is -0.905.